The lowest BCUT2D eigenvalue weighted by molar-refractivity contribution is -0.275. The van der Waals surface area contributed by atoms with Gasteiger partial charge in [0.2, 0.25) is 0 Å². The quantitative estimate of drug-likeness (QED) is 0.404. The molecule has 1 nitrogen and oxygen atoms in total. The van der Waals surface area contributed by atoms with Crippen LogP contribution < -0.4 is 4.74 Å². The van der Waals surface area contributed by atoms with Gasteiger partial charge in [0, 0.05) is 10.8 Å². The molecule has 0 saturated heterocycles. The van der Waals surface area contributed by atoms with Crippen LogP contribution in [-0.2, 0) is 0 Å². The third-order valence-electron chi connectivity index (χ3n) is 5.36. The fourth-order valence-corrected chi connectivity index (χ4v) is 5.10. The zero-order valence-corrected chi connectivity index (χ0v) is 15.3. The van der Waals surface area contributed by atoms with Gasteiger partial charge in [-0.25, -0.2) is 8.78 Å². The van der Waals surface area contributed by atoms with E-state index in [1.807, 2.05) is 0 Å². The minimum absolute atomic E-state index is 0.0277. The van der Waals surface area contributed by atoms with E-state index in [2.05, 4.69) is 11.7 Å². The second-order valence-corrected chi connectivity index (χ2v) is 8.23. The van der Waals surface area contributed by atoms with Crippen molar-refractivity contribution < 1.29 is 26.7 Å². The molecule has 7 heteroatoms. The van der Waals surface area contributed by atoms with Crippen molar-refractivity contribution >= 4 is 31.5 Å². The fraction of sp³-hybridized carbons (Fsp3) is 0.400. The van der Waals surface area contributed by atoms with Crippen molar-refractivity contribution in [2.45, 2.75) is 44.9 Å². The predicted molar refractivity (Wildman–Crippen MR) is 96.3 cm³/mol. The zero-order valence-electron chi connectivity index (χ0n) is 14.5. The zero-order chi connectivity index (χ0) is 19.3. The Bertz CT molecular complexity index is 999. The molecule has 2 aromatic carbocycles. The summed E-state index contributed by atoms with van der Waals surface area (Å²) < 4.78 is 71.0. The lowest BCUT2D eigenvalue weighted by atomic mass is 9.79. The van der Waals surface area contributed by atoms with Gasteiger partial charge in [-0.15, -0.1) is 24.5 Å². The third-order valence-corrected chi connectivity index (χ3v) is 6.57. The van der Waals surface area contributed by atoms with E-state index in [9.17, 15) is 17.6 Å². The average molecular weight is 400 g/mol. The Labute approximate surface area is 156 Å². The van der Waals surface area contributed by atoms with Gasteiger partial charge in [0.15, 0.2) is 11.6 Å². The van der Waals surface area contributed by atoms with Crippen LogP contribution in [-0.4, -0.2) is 6.36 Å². The molecular weight excluding hydrogens is 383 g/mol. The number of thiophene rings is 1. The van der Waals surface area contributed by atoms with Crippen molar-refractivity contribution in [1.82, 2.24) is 0 Å². The Morgan fingerprint density at radius 2 is 1.48 bits per heavy atom. The molecule has 0 aliphatic heterocycles. The molecule has 0 unspecified atom stereocenters. The lowest BCUT2D eigenvalue weighted by Gasteiger charge is -2.26. The number of fused-ring (bicyclic) bond motifs is 3. The van der Waals surface area contributed by atoms with Crippen LogP contribution in [0.4, 0.5) is 22.0 Å². The van der Waals surface area contributed by atoms with Crippen LogP contribution in [0.15, 0.2) is 24.3 Å². The molecule has 1 fully saturated rings. The van der Waals surface area contributed by atoms with Gasteiger partial charge in [0.05, 0.1) is 9.40 Å². The molecule has 4 rings (SSSR count). The van der Waals surface area contributed by atoms with Gasteiger partial charge in [-0.1, -0.05) is 31.9 Å². The molecule has 1 saturated carbocycles. The summed E-state index contributed by atoms with van der Waals surface area (Å²) in [5.41, 5.74) is 0.619. The molecule has 0 radical (unpaired) electrons. The van der Waals surface area contributed by atoms with E-state index >= 15 is 4.39 Å². The number of ether oxygens (including phenoxy) is 1. The number of halogens is 5. The van der Waals surface area contributed by atoms with E-state index in [0.717, 1.165) is 43.1 Å². The minimum Gasteiger partial charge on any atom is -0.403 e. The molecule has 144 valence electrons. The van der Waals surface area contributed by atoms with Crippen molar-refractivity contribution in [2.75, 3.05) is 0 Å². The minimum atomic E-state index is -4.98. The molecule has 0 amide bonds. The Balaban J connectivity index is 1.81. The largest absolute Gasteiger partial charge is 0.573 e. The normalized spacial score (nSPS) is 21.1. The van der Waals surface area contributed by atoms with E-state index in [0.29, 0.717) is 22.3 Å². The van der Waals surface area contributed by atoms with E-state index in [1.165, 1.54) is 6.07 Å². The molecule has 1 aliphatic carbocycles. The van der Waals surface area contributed by atoms with E-state index < -0.39 is 17.9 Å². The topological polar surface area (TPSA) is 9.23 Å². The van der Waals surface area contributed by atoms with Gasteiger partial charge < -0.3 is 4.74 Å². The van der Waals surface area contributed by atoms with Crippen LogP contribution in [0, 0.1) is 17.6 Å². The molecule has 0 atom stereocenters. The second kappa shape index (κ2) is 6.62. The lowest BCUT2D eigenvalue weighted by Crippen LogP contribution is -2.17. The summed E-state index contributed by atoms with van der Waals surface area (Å²) in [7, 11) is 0. The average Bonchev–Trinajstić information content (AvgIpc) is 2.98. The van der Waals surface area contributed by atoms with Crippen LogP contribution in [0.5, 0.6) is 5.75 Å². The summed E-state index contributed by atoms with van der Waals surface area (Å²) in [4.78, 5) is 0. The molecular formula is C20H17F5OS. The van der Waals surface area contributed by atoms with Crippen LogP contribution in [0.1, 0.15) is 44.1 Å². The molecule has 0 N–H and O–H groups in total. The third kappa shape index (κ3) is 3.37. The SMILES string of the molecule is CC1CCC(c2ccc3c(sc4c(F)c(OC(F)(F)F)ccc43)c2F)CC1. The van der Waals surface area contributed by atoms with Gasteiger partial charge in [-0.05, 0) is 42.4 Å². The van der Waals surface area contributed by atoms with Gasteiger partial charge in [-0.2, -0.15) is 0 Å². The highest BCUT2D eigenvalue weighted by molar-refractivity contribution is 7.25. The molecule has 1 aliphatic rings. The van der Waals surface area contributed by atoms with Gasteiger partial charge >= 0.3 is 6.36 Å². The summed E-state index contributed by atoms with van der Waals surface area (Å²) in [5, 5.41) is 0.905. The van der Waals surface area contributed by atoms with Crippen molar-refractivity contribution in [2.24, 2.45) is 5.92 Å². The highest BCUT2D eigenvalue weighted by Gasteiger charge is 2.33. The first-order valence-corrected chi connectivity index (χ1v) is 9.65. The first kappa shape index (κ1) is 18.5. The number of alkyl halides is 3. The Kier molecular flexibility index (Phi) is 4.53. The highest BCUT2D eigenvalue weighted by Crippen LogP contribution is 2.44. The standard InChI is InChI=1S/C20H17F5OS/c1-10-2-4-11(5-3-10)12-6-7-13-14-8-9-15(26-20(23,24)25)17(22)19(14)27-18(13)16(12)21/h6-11H,2-5H2,1H3. The van der Waals surface area contributed by atoms with E-state index in [-0.39, 0.29) is 21.1 Å². The number of benzene rings is 2. The van der Waals surface area contributed by atoms with Crippen molar-refractivity contribution in [3.05, 3.63) is 41.5 Å². The van der Waals surface area contributed by atoms with Gasteiger partial charge in [0.1, 0.15) is 5.82 Å². The predicted octanol–water partition coefficient (Wildman–Crippen LogP) is 7.53. The van der Waals surface area contributed by atoms with Crippen LogP contribution in [0.3, 0.4) is 0 Å². The molecule has 1 aromatic heterocycles. The summed E-state index contributed by atoms with van der Waals surface area (Å²) in [6, 6.07) is 5.77. The maximum atomic E-state index is 15.2. The maximum absolute atomic E-state index is 15.2. The second-order valence-electron chi connectivity index (χ2n) is 7.21. The monoisotopic (exact) mass is 400 g/mol. The molecule has 0 bridgehead atoms. The molecule has 0 spiro atoms. The fourth-order valence-electron chi connectivity index (χ4n) is 3.92. The van der Waals surface area contributed by atoms with Gasteiger partial charge in [-0.3, -0.25) is 0 Å². The summed E-state index contributed by atoms with van der Waals surface area (Å²) in [6.45, 7) is 2.19. The first-order chi connectivity index (χ1) is 12.7. The van der Waals surface area contributed by atoms with Gasteiger partial charge in [0.25, 0.3) is 0 Å². The number of hydrogen-bond acceptors (Lipinski definition) is 2. The first-order valence-electron chi connectivity index (χ1n) is 8.83. The Hall–Kier alpha value is -1.89. The highest BCUT2D eigenvalue weighted by atomic mass is 32.1. The molecule has 1 heterocycles. The summed E-state index contributed by atoms with van der Waals surface area (Å²) in [6.07, 6.45) is -1.08. The van der Waals surface area contributed by atoms with E-state index in [4.69, 9.17) is 0 Å². The molecule has 3 aromatic rings. The Morgan fingerprint density at radius 3 is 2.11 bits per heavy atom. The van der Waals surface area contributed by atoms with Crippen LogP contribution in [0.25, 0.3) is 20.2 Å². The van der Waals surface area contributed by atoms with Crippen LogP contribution in [0.2, 0.25) is 0 Å². The number of rotatable bonds is 2. The summed E-state index contributed by atoms with van der Waals surface area (Å²) >= 11 is 0.836. The van der Waals surface area contributed by atoms with Crippen molar-refractivity contribution in [1.29, 1.82) is 0 Å². The van der Waals surface area contributed by atoms with Crippen molar-refractivity contribution in [3.8, 4) is 5.75 Å². The smallest absolute Gasteiger partial charge is 0.403 e. The summed E-state index contributed by atoms with van der Waals surface area (Å²) in [5.74, 6) is -1.63. The van der Waals surface area contributed by atoms with E-state index in [1.54, 1.807) is 12.1 Å². The van der Waals surface area contributed by atoms with Crippen LogP contribution >= 0.6 is 11.3 Å². The number of hydrogen-bond donors (Lipinski definition) is 0. The molecule has 27 heavy (non-hydrogen) atoms. The maximum Gasteiger partial charge on any atom is 0.573 e. The van der Waals surface area contributed by atoms with Crippen molar-refractivity contribution in [3.63, 3.8) is 0 Å². The Morgan fingerprint density at radius 1 is 0.889 bits per heavy atom.